The van der Waals surface area contributed by atoms with Crippen molar-refractivity contribution in [1.82, 2.24) is 14.8 Å². The summed E-state index contributed by atoms with van der Waals surface area (Å²) in [5.74, 6) is -0.633. The fourth-order valence-corrected chi connectivity index (χ4v) is 2.66. The number of nitrogens with zero attached hydrogens (tertiary/aromatic N) is 3. The van der Waals surface area contributed by atoms with Gasteiger partial charge < -0.3 is 10.4 Å². The normalized spacial score (nSPS) is 16.9. The highest BCUT2D eigenvalue weighted by Gasteiger charge is 2.27. The Balaban J connectivity index is 2.12. The van der Waals surface area contributed by atoms with Gasteiger partial charge in [0.15, 0.2) is 0 Å². The van der Waals surface area contributed by atoms with E-state index >= 15 is 0 Å². The summed E-state index contributed by atoms with van der Waals surface area (Å²) >= 11 is 7.41. The Labute approximate surface area is 129 Å². The molecular weight excluding hydrogens is 312 g/mol. The minimum absolute atomic E-state index is 0.0764. The van der Waals surface area contributed by atoms with Crippen molar-refractivity contribution >= 4 is 35.3 Å². The number of fused-ring (bicyclic) bond motifs is 1. The molecule has 3 rings (SSSR count). The molecule has 1 atom stereocenters. The largest absolute Gasteiger partial charge is 0.477 e. The van der Waals surface area contributed by atoms with Gasteiger partial charge in [-0.15, -0.1) is 5.10 Å². The lowest BCUT2D eigenvalue weighted by Gasteiger charge is -2.22. The van der Waals surface area contributed by atoms with Gasteiger partial charge in [0.1, 0.15) is 11.7 Å². The summed E-state index contributed by atoms with van der Waals surface area (Å²) in [5.41, 5.74) is 0.925. The summed E-state index contributed by atoms with van der Waals surface area (Å²) in [6, 6.07) is 6.89. The number of thioether (sulfide) groups is 1. The van der Waals surface area contributed by atoms with Crippen molar-refractivity contribution in [3.63, 3.8) is 0 Å². The lowest BCUT2D eigenvalue weighted by Crippen LogP contribution is -2.24. The van der Waals surface area contributed by atoms with Crippen molar-refractivity contribution in [2.75, 3.05) is 11.6 Å². The number of nitrogens with one attached hydrogen (secondary N) is 1. The second-order valence-electron chi connectivity index (χ2n) is 4.38. The third-order valence-corrected chi connectivity index (χ3v) is 3.82. The van der Waals surface area contributed by atoms with Gasteiger partial charge >= 0.3 is 5.97 Å². The average Bonchev–Trinajstić information content (AvgIpc) is 2.89. The number of hydrogen-bond donors (Lipinski definition) is 2. The van der Waals surface area contributed by atoms with Crippen molar-refractivity contribution in [2.24, 2.45) is 0 Å². The summed E-state index contributed by atoms with van der Waals surface area (Å²) < 4.78 is 1.66. The number of anilines is 1. The van der Waals surface area contributed by atoms with Gasteiger partial charge in [-0.2, -0.15) is 4.98 Å². The first-order valence-electron chi connectivity index (χ1n) is 6.06. The number of carboxylic acid groups (broad SMARTS) is 1. The highest BCUT2D eigenvalue weighted by atomic mass is 35.5. The fourth-order valence-electron chi connectivity index (χ4n) is 2.11. The van der Waals surface area contributed by atoms with E-state index in [1.165, 1.54) is 11.8 Å². The Morgan fingerprint density at radius 2 is 2.33 bits per heavy atom. The Bertz CT molecular complexity index is 744. The molecule has 2 heterocycles. The maximum absolute atomic E-state index is 11.3. The predicted octanol–water partition coefficient (Wildman–Crippen LogP) is 2.64. The van der Waals surface area contributed by atoms with Crippen molar-refractivity contribution in [2.45, 2.75) is 11.2 Å². The predicted molar refractivity (Wildman–Crippen MR) is 80.7 cm³/mol. The Morgan fingerprint density at radius 3 is 3.00 bits per heavy atom. The summed E-state index contributed by atoms with van der Waals surface area (Å²) in [7, 11) is 0. The molecule has 2 aromatic rings. The molecule has 0 saturated heterocycles. The molecule has 0 spiro atoms. The van der Waals surface area contributed by atoms with Crippen molar-refractivity contribution < 1.29 is 9.90 Å². The zero-order valence-electron chi connectivity index (χ0n) is 10.9. The van der Waals surface area contributed by atoms with E-state index in [0.717, 1.165) is 5.56 Å². The minimum Gasteiger partial charge on any atom is -0.477 e. The smallest absolute Gasteiger partial charge is 0.352 e. The third kappa shape index (κ3) is 2.62. The second-order valence-corrected chi connectivity index (χ2v) is 5.59. The molecule has 0 fully saturated rings. The molecule has 1 aliphatic heterocycles. The summed E-state index contributed by atoms with van der Waals surface area (Å²) in [5, 5.41) is 17.5. The quantitative estimate of drug-likeness (QED) is 0.846. The summed E-state index contributed by atoms with van der Waals surface area (Å²) in [4.78, 5) is 15.5. The van der Waals surface area contributed by atoms with Gasteiger partial charge in [-0.05, 0) is 30.0 Å². The van der Waals surface area contributed by atoms with Crippen LogP contribution in [-0.2, 0) is 4.79 Å². The number of carboxylic acids is 1. The molecule has 1 aromatic carbocycles. The van der Waals surface area contributed by atoms with E-state index in [2.05, 4.69) is 15.4 Å². The van der Waals surface area contributed by atoms with Gasteiger partial charge in [-0.1, -0.05) is 35.5 Å². The number of carbonyl (C=O) groups is 1. The van der Waals surface area contributed by atoms with Gasteiger partial charge in [-0.3, -0.25) is 0 Å². The van der Waals surface area contributed by atoms with Crippen LogP contribution in [0.3, 0.4) is 0 Å². The van der Waals surface area contributed by atoms with Crippen LogP contribution in [0.1, 0.15) is 11.6 Å². The van der Waals surface area contributed by atoms with Gasteiger partial charge in [0.2, 0.25) is 11.1 Å². The highest BCUT2D eigenvalue weighted by molar-refractivity contribution is 7.98. The van der Waals surface area contributed by atoms with Crippen LogP contribution < -0.4 is 5.32 Å². The molecule has 0 aliphatic carbocycles. The van der Waals surface area contributed by atoms with E-state index in [1.54, 1.807) is 22.9 Å². The molecule has 1 aliphatic rings. The number of rotatable bonds is 3. The van der Waals surface area contributed by atoms with Crippen LogP contribution in [0.15, 0.2) is 41.2 Å². The van der Waals surface area contributed by atoms with E-state index in [4.69, 9.17) is 11.6 Å². The highest BCUT2D eigenvalue weighted by Crippen LogP contribution is 2.31. The molecule has 0 amide bonds. The SMILES string of the molecule is CSc1nc2n(n1)[C@@H](c1cccc(Cl)c1)C=C(C(=O)O)N2. The molecule has 6 nitrogen and oxygen atoms in total. The van der Waals surface area contributed by atoms with Crippen LogP contribution >= 0.6 is 23.4 Å². The monoisotopic (exact) mass is 322 g/mol. The van der Waals surface area contributed by atoms with E-state index in [1.807, 2.05) is 18.4 Å². The van der Waals surface area contributed by atoms with Crippen LogP contribution in [0.2, 0.25) is 5.02 Å². The topological polar surface area (TPSA) is 80.0 Å². The number of halogens is 1. The molecule has 8 heteroatoms. The van der Waals surface area contributed by atoms with Crippen molar-refractivity contribution in [3.05, 3.63) is 46.6 Å². The summed E-state index contributed by atoms with van der Waals surface area (Å²) in [6.07, 6.45) is 3.46. The van der Waals surface area contributed by atoms with Crippen LogP contribution in [0.25, 0.3) is 0 Å². The van der Waals surface area contributed by atoms with E-state index < -0.39 is 5.97 Å². The van der Waals surface area contributed by atoms with E-state index in [0.29, 0.717) is 16.1 Å². The van der Waals surface area contributed by atoms with E-state index in [-0.39, 0.29) is 11.7 Å². The van der Waals surface area contributed by atoms with Crippen LogP contribution in [0.5, 0.6) is 0 Å². The Kier molecular flexibility index (Phi) is 3.60. The third-order valence-electron chi connectivity index (χ3n) is 3.05. The zero-order valence-corrected chi connectivity index (χ0v) is 12.5. The average molecular weight is 323 g/mol. The molecule has 108 valence electrons. The second kappa shape index (κ2) is 5.42. The number of benzene rings is 1. The minimum atomic E-state index is -1.04. The summed E-state index contributed by atoms with van der Waals surface area (Å²) in [6.45, 7) is 0. The standard InChI is InChI=1S/C13H11ClN4O2S/c1-21-13-16-12-15-9(11(19)20)6-10(18(12)17-13)7-3-2-4-8(14)5-7/h2-6,10H,1H3,(H,19,20)(H,15,16,17)/t10-/m1/s1. The molecule has 0 saturated carbocycles. The molecule has 2 N–H and O–H groups in total. The maximum atomic E-state index is 11.3. The lowest BCUT2D eigenvalue weighted by atomic mass is 10.0. The van der Waals surface area contributed by atoms with Gasteiger partial charge in [0, 0.05) is 5.02 Å². The van der Waals surface area contributed by atoms with Crippen molar-refractivity contribution in [3.8, 4) is 0 Å². The zero-order chi connectivity index (χ0) is 15.0. The van der Waals surface area contributed by atoms with Crippen LogP contribution in [-0.4, -0.2) is 32.1 Å². The van der Waals surface area contributed by atoms with Crippen molar-refractivity contribution in [1.29, 1.82) is 0 Å². The number of aliphatic carboxylic acids is 1. The number of hydrogen-bond acceptors (Lipinski definition) is 5. The van der Waals surface area contributed by atoms with Crippen LogP contribution in [0, 0.1) is 0 Å². The molecule has 0 unspecified atom stereocenters. The van der Waals surface area contributed by atoms with Gasteiger partial charge in [0.05, 0.1) is 0 Å². The lowest BCUT2D eigenvalue weighted by molar-refractivity contribution is -0.132. The Morgan fingerprint density at radius 1 is 1.52 bits per heavy atom. The van der Waals surface area contributed by atoms with Crippen LogP contribution in [0.4, 0.5) is 5.95 Å². The number of allylic oxidation sites excluding steroid dienone is 1. The first-order valence-corrected chi connectivity index (χ1v) is 7.67. The fraction of sp³-hybridized carbons (Fsp3) is 0.154. The van der Waals surface area contributed by atoms with Gasteiger partial charge in [-0.25, -0.2) is 9.48 Å². The molecule has 0 bridgehead atoms. The molecule has 1 aromatic heterocycles. The Hall–Kier alpha value is -1.99. The molecule has 0 radical (unpaired) electrons. The first kappa shape index (κ1) is 14.0. The first-order chi connectivity index (χ1) is 10.1. The maximum Gasteiger partial charge on any atom is 0.352 e. The molecular formula is C13H11ClN4O2S. The van der Waals surface area contributed by atoms with Gasteiger partial charge in [0.25, 0.3) is 0 Å². The number of aromatic nitrogens is 3. The van der Waals surface area contributed by atoms with E-state index in [9.17, 15) is 9.90 Å². The molecule has 21 heavy (non-hydrogen) atoms.